The molecule has 1 aliphatic carbocycles. The van der Waals surface area contributed by atoms with Crippen LogP contribution in [-0.4, -0.2) is 21.1 Å². The van der Waals surface area contributed by atoms with E-state index in [0.717, 1.165) is 29.7 Å². The molecule has 4 nitrogen and oxygen atoms in total. The van der Waals surface area contributed by atoms with Gasteiger partial charge in [-0.2, -0.15) is 0 Å². The maximum Gasteiger partial charge on any atom is 0.267 e. The van der Waals surface area contributed by atoms with Gasteiger partial charge in [0.1, 0.15) is 10.6 Å². The van der Waals surface area contributed by atoms with E-state index in [4.69, 9.17) is 4.98 Å². The summed E-state index contributed by atoms with van der Waals surface area (Å²) in [7, 11) is 0. The van der Waals surface area contributed by atoms with E-state index in [-0.39, 0.29) is 22.7 Å². The summed E-state index contributed by atoms with van der Waals surface area (Å²) < 4.78 is 15.6. The Morgan fingerprint density at radius 2 is 1.87 bits per heavy atom. The van der Waals surface area contributed by atoms with Gasteiger partial charge in [-0.1, -0.05) is 42.1 Å². The number of rotatable bonds is 5. The number of thioether (sulfide) groups is 1. The number of fused-ring (bicyclic) bond motifs is 3. The Balaban J connectivity index is 1.59. The van der Waals surface area contributed by atoms with Gasteiger partial charge in [-0.15, -0.1) is 11.3 Å². The maximum atomic E-state index is 14.0. The van der Waals surface area contributed by atoms with Crippen molar-refractivity contribution in [1.82, 2.24) is 9.55 Å². The first-order valence-corrected chi connectivity index (χ1v) is 11.5. The number of thiophene rings is 1. The highest BCUT2D eigenvalue weighted by atomic mass is 32.2. The Labute approximate surface area is 180 Å². The number of aryl methyl sites for hydroxylation is 2. The summed E-state index contributed by atoms with van der Waals surface area (Å²) in [4.78, 5) is 32.8. The molecule has 0 spiro atoms. The van der Waals surface area contributed by atoms with Crippen molar-refractivity contribution in [2.24, 2.45) is 0 Å². The van der Waals surface area contributed by atoms with Crippen LogP contribution in [0.2, 0.25) is 0 Å². The minimum absolute atomic E-state index is 0.00317. The highest BCUT2D eigenvalue weighted by Crippen LogP contribution is 2.36. The van der Waals surface area contributed by atoms with Crippen LogP contribution in [-0.2, 0) is 12.8 Å². The van der Waals surface area contributed by atoms with E-state index >= 15 is 0 Å². The molecule has 0 bridgehead atoms. The summed E-state index contributed by atoms with van der Waals surface area (Å²) in [6, 6.07) is 15.3. The zero-order valence-corrected chi connectivity index (χ0v) is 17.6. The van der Waals surface area contributed by atoms with E-state index in [1.165, 1.54) is 28.8 Å². The van der Waals surface area contributed by atoms with Gasteiger partial charge in [0.25, 0.3) is 5.56 Å². The highest BCUT2D eigenvalue weighted by molar-refractivity contribution is 7.99. The monoisotopic (exact) mass is 436 g/mol. The molecule has 0 N–H and O–H groups in total. The van der Waals surface area contributed by atoms with Crippen LogP contribution in [0.3, 0.4) is 0 Å². The van der Waals surface area contributed by atoms with Gasteiger partial charge in [0.05, 0.1) is 22.4 Å². The largest absolute Gasteiger partial charge is 0.293 e. The lowest BCUT2D eigenvalue weighted by atomic mass is 10.1. The molecule has 30 heavy (non-hydrogen) atoms. The van der Waals surface area contributed by atoms with Crippen molar-refractivity contribution in [1.29, 1.82) is 0 Å². The number of nitrogens with zero attached hydrogens (tertiary/aromatic N) is 2. The van der Waals surface area contributed by atoms with E-state index in [1.54, 1.807) is 28.0 Å². The number of carbonyl (C=O) groups is 1. The fraction of sp³-hybridized carbons (Fsp3) is 0.174. The summed E-state index contributed by atoms with van der Waals surface area (Å²) in [5.74, 6) is -0.876. The summed E-state index contributed by atoms with van der Waals surface area (Å²) in [5, 5.41) is 1.14. The SMILES string of the molecule is O=C(CSc1nc2sc3c(c2c(=O)n1-c1ccccc1)CCC3)c1ccccc1F. The number of halogens is 1. The third-order valence-electron chi connectivity index (χ3n) is 5.23. The zero-order chi connectivity index (χ0) is 20.7. The third kappa shape index (κ3) is 3.28. The first kappa shape index (κ1) is 19.2. The van der Waals surface area contributed by atoms with Gasteiger partial charge >= 0.3 is 0 Å². The standard InChI is InChI=1S/C23H17FN2O2S2/c24-17-11-5-4-9-15(17)18(27)13-29-23-25-21-20(16-10-6-12-19(16)30-21)22(28)26(23)14-7-2-1-3-8-14/h1-5,7-9,11H,6,10,12-13H2. The van der Waals surface area contributed by atoms with Crippen molar-refractivity contribution < 1.29 is 9.18 Å². The smallest absolute Gasteiger partial charge is 0.267 e. The molecule has 0 amide bonds. The summed E-state index contributed by atoms with van der Waals surface area (Å²) in [5.41, 5.74) is 1.77. The van der Waals surface area contributed by atoms with Crippen LogP contribution < -0.4 is 5.56 Å². The molecule has 7 heteroatoms. The summed E-state index contributed by atoms with van der Waals surface area (Å²) >= 11 is 2.73. The number of carbonyl (C=O) groups excluding carboxylic acids is 1. The highest BCUT2D eigenvalue weighted by Gasteiger charge is 2.24. The van der Waals surface area contributed by atoms with E-state index in [9.17, 15) is 14.0 Å². The first-order valence-electron chi connectivity index (χ1n) is 9.67. The summed E-state index contributed by atoms with van der Waals surface area (Å²) in [6.45, 7) is 0. The maximum absolute atomic E-state index is 14.0. The molecule has 2 heterocycles. The van der Waals surface area contributed by atoms with E-state index in [1.807, 2.05) is 30.3 Å². The minimum Gasteiger partial charge on any atom is -0.293 e. The zero-order valence-electron chi connectivity index (χ0n) is 15.9. The average Bonchev–Trinajstić information content (AvgIpc) is 3.34. The van der Waals surface area contributed by atoms with Crippen LogP contribution in [0.25, 0.3) is 15.9 Å². The molecule has 1 aliphatic rings. The van der Waals surface area contributed by atoms with Crippen molar-refractivity contribution >= 4 is 39.1 Å². The molecule has 5 rings (SSSR count). The molecule has 0 atom stereocenters. The van der Waals surface area contributed by atoms with Crippen LogP contribution in [0.5, 0.6) is 0 Å². The molecule has 0 unspecified atom stereocenters. The molecule has 0 fully saturated rings. The van der Waals surface area contributed by atoms with E-state index < -0.39 is 5.82 Å². The Bertz CT molecular complexity index is 1330. The molecule has 0 radical (unpaired) electrons. The molecule has 150 valence electrons. The number of benzene rings is 2. The number of Topliss-reactive ketones (excluding diaryl/α,β-unsaturated/α-hetero) is 1. The second-order valence-corrected chi connectivity index (χ2v) is 9.13. The van der Waals surface area contributed by atoms with Gasteiger partial charge in [0.15, 0.2) is 10.9 Å². The molecule has 0 aliphatic heterocycles. The quantitative estimate of drug-likeness (QED) is 0.250. The van der Waals surface area contributed by atoms with Gasteiger partial charge in [-0.25, -0.2) is 9.37 Å². The van der Waals surface area contributed by atoms with Crippen LogP contribution in [0.4, 0.5) is 4.39 Å². The topological polar surface area (TPSA) is 52.0 Å². The predicted octanol–water partition coefficient (Wildman–Crippen LogP) is 5.05. The lowest BCUT2D eigenvalue weighted by molar-refractivity contribution is 0.101. The van der Waals surface area contributed by atoms with Gasteiger partial charge < -0.3 is 0 Å². The van der Waals surface area contributed by atoms with Gasteiger partial charge in [-0.3, -0.25) is 14.2 Å². The average molecular weight is 437 g/mol. The molecule has 0 saturated heterocycles. The van der Waals surface area contributed by atoms with Crippen molar-refractivity contribution in [3.63, 3.8) is 0 Å². The molecule has 2 aromatic heterocycles. The minimum atomic E-state index is -0.540. The normalized spacial score (nSPS) is 13.0. The second kappa shape index (κ2) is 7.81. The van der Waals surface area contributed by atoms with E-state index in [2.05, 4.69) is 0 Å². The number of aromatic nitrogens is 2. The third-order valence-corrected chi connectivity index (χ3v) is 7.35. The predicted molar refractivity (Wildman–Crippen MR) is 119 cm³/mol. The Hall–Kier alpha value is -2.77. The Morgan fingerprint density at radius 1 is 1.10 bits per heavy atom. The number of para-hydroxylation sites is 1. The fourth-order valence-corrected chi connectivity index (χ4v) is 6.02. The Kier molecular flexibility index (Phi) is 5.00. The molecule has 0 saturated carbocycles. The van der Waals surface area contributed by atoms with Crippen molar-refractivity contribution in [2.75, 3.05) is 5.75 Å². The van der Waals surface area contributed by atoms with Crippen LogP contribution >= 0.6 is 23.1 Å². The van der Waals surface area contributed by atoms with Crippen molar-refractivity contribution in [3.05, 3.63) is 86.8 Å². The lowest BCUT2D eigenvalue weighted by Crippen LogP contribution is -2.22. The van der Waals surface area contributed by atoms with E-state index in [0.29, 0.717) is 16.2 Å². The number of hydrogen-bond acceptors (Lipinski definition) is 5. The first-order chi connectivity index (χ1) is 14.6. The van der Waals surface area contributed by atoms with Gasteiger partial charge in [0.2, 0.25) is 0 Å². The van der Waals surface area contributed by atoms with Crippen LogP contribution in [0.1, 0.15) is 27.2 Å². The Morgan fingerprint density at radius 3 is 2.67 bits per heavy atom. The lowest BCUT2D eigenvalue weighted by Gasteiger charge is -2.12. The fourth-order valence-electron chi connectivity index (χ4n) is 3.82. The molecule has 2 aromatic carbocycles. The summed E-state index contributed by atoms with van der Waals surface area (Å²) in [6.07, 6.45) is 2.95. The second-order valence-electron chi connectivity index (χ2n) is 7.10. The van der Waals surface area contributed by atoms with Crippen molar-refractivity contribution in [2.45, 2.75) is 24.4 Å². The molecular weight excluding hydrogens is 419 g/mol. The number of hydrogen-bond donors (Lipinski definition) is 0. The number of ketones is 1. The van der Waals surface area contributed by atoms with Crippen molar-refractivity contribution in [3.8, 4) is 5.69 Å². The van der Waals surface area contributed by atoms with Crippen LogP contribution in [0, 0.1) is 5.82 Å². The van der Waals surface area contributed by atoms with Crippen LogP contribution in [0.15, 0.2) is 64.5 Å². The molecular formula is C23H17FN2O2S2. The molecule has 4 aromatic rings. The van der Waals surface area contributed by atoms with Gasteiger partial charge in [0, 0.05) is 4.88 Å². The van der Waals surface area contributed by atoms with Gasteiger partial charge in [-0.05, 0) is 49.1 Å².